The van der Waals surface area contributed by atoms with Crippen molar-refractivity contribution in [2.75, 3.05) is 6.61 Å². The van der Waals surface area contributed by atoms with Crippen molar-refractivity contribution in [3.8, 4) is 0 Å². The summed E-state index contributed by atoms with van der Waals surface area (Å²) in [4.78, 5) is 51.5. The predicted octanol–water partition coefficient (Wildman–Crippen LogP) is 2.02. The summed E-state index contributed by atoms with van der Waals surface area (Å²) in [5, 5.41) is 37.4. The molecule has 4 aliphatic rings. The topological polar surface area (TPSA) is 175 Å². The molecular formula is C33H42O12. The van der Waals surface area contributed by atoms with E-state index in [1.165, 1.54) is 32.9 Å². The minimum absolute atomic E-state index is 0.0700. The Labute approximate surface area is 261 Å². The van der Waals surface area contributed by atoms with E-state index in [9.17, 15) is 34.5 Å². The number of benzene rings is 1. The minimum atomic E-state index is -2.11. The van der Waals surface area contributed by atoms with Crippen molar-refractivity contribution >= 4 is 23.9 Å². The standard InChI is InChI=1S/C33H42O12/c1-16-21(42-17(2)34)14-33(40)28(44-29(39)20-11-9-8-10-12-20)26-31(7,22(37)13-23-32(26,15-41-23)45-19(4)36)27(38)25(43-18(3)35)24(16)30(33,5)6/h8-12,21-23,25-28,37-38,40H,13-15H2,1-7H3/t21?,22?,23?,25?,26?,27?,28?,31-,32?,33?/m1/s1. The van der Waals surface area contributed by atoms with Gasteiger partial charge in [-0.05, 0) is 30.2 Å². The fraction of sp³-hybridized carbons (Fsp3) is 0.636. The largest absolute Gasteiger partial charge is 0.458 e. The molecule has 10 atom stereocenters. The molecule has 3 aliphatic carbocycles. The lowest BCUT2D eigenvalue weighted by molar-refractivity contribution is -0.365. The molecule has 246 valence electrons. The first kappa shape index (κ1) is 33.1. The van der Waals surface area contributed by atoms with Crippen LogP contribution in [0, 0.1) is 16.7 Å². The molecule has 0 radical (unpaired) electrons. The molecular weight excluding hydrogens is 588 g/mol. The van der Waals surface area contributed by atoms with Gasteiger partial charge in [0.25, 0.3) is 0 Å². The highest BCUT2D eigenvalue weighted by atomic mass is 16.6. The third kappa shape index (κ3) is 4.88. The van der Waals surface area contributed by atoms with E-state index in [-0.39, 0.29) is 30.6 Å². The van der Waals surface area contributed by atoms with Crippen LogP contribution in [0.2, 0.25) is 0 Å². The van der Waals surface area contributed by atoms with Gasteiger partial charge in [-0.15, -0.1) is 0 Å². The second-order valence-electron chi connectivity index (χ2n) is 13.6. The van der Waals surface area contributed by atoms with Gasteiger partial charge in [-0.3, -0.25) is 14.4 Å². The van der Waals surface area contributed by atoms with E-state index >= 15 is 0 Å². The lowest BCUT2D eigenvalue weighted by Crippen LogP contribution is -2.82. The van der Waals surface area contributed by atoms with Crippen LogP contribution in [0.25, 0.3) is 0 Å². The normalized spacial score (nSPS) is 39.9. The molecule has 1 heterocycles. The number of hydrogen-bond donors (Lipinski definition) is 3. The Morgan fingerprint density at radius 1 is 0.911 bits per heavy atom. The highest BCUT2D eigenvalue weighted by molar-refractivity contribution is 5.89. The molecule has 0 amide bonds. The van der Waals surface area contributed by atoms with Gasteiger partial charge in [0.15, 0.2) is 11.7 Å². The van der Waals surface area contributed by atoms with Crippen molar-refractivity contribution < 1.29 is 58.2 Å². The number of carbonyl (C=O) groups is 4. The van der Waals surface area contributed by atoms with Gasteiger partial charge in [0, 0.05) is 44.4 Å². The van der Waals surface area contributed by atoms with Crippen molar-refractivity contribution in [1.29, 1.82) is 0 Å². The van der Waals surface area contributed by atoms with E-state index in [1.807, 2.05) is 0 Å². The second kappa shape index (κ2) is 11.2. The van der Waals surface area contributed by atoms with E-state index in [0.717, 1.165) is 0 Å². The Balaban J connectivity index is 1.86. The maximum atomic E-state index is 13.9. The van der Waals surface area contributed by atoms with Crippen LogP contribution in [-0.4, -0.2) is 93.6 Å². The molecule has 2 saturated carbocycles. The van der Waals surface area contributed by atoms with Gasteiger partial charge in [-0.2, -0.15) is 0 Å². The number of ether oxygens (including phenoxy) is 5. The summed E-state index contributed by atoms with van der Waals surface area (Å²) < 4.78 is 29.6. The zero-order valence-electron chi connectivity index (χ0n) is 26.6. The van der Waals surface area contributed by atoms with E-state index in [1.54, 1.807) is 45.9 Å². The smallest absolute Gasteiger partial charge is 0.338 e. The summed E-state index contributed by atoms with van der Waals surface area (Å²) in [5.74, 6) is -4.20. The molecule has 2 bridgehead atoms. The van der Waals surface area contributed by atoms with Crippen LogP contribution in [-0.2, 0) is 38.1 Å². The third-order valence-corrected chi connectivity index (χ3v) is 10.7. The molecule has 0 spiro atoms. The number of hydrogen-bond acceptors (Lipinski definition) is 12. The zero-order chi connectivity index (χ0) is 33.3. The Morgan fingerprint density at radius 3 is 2.07 bits per heavy atom. The van der Waals surface area contributed by atoms with Crippen LogP contribution in [0.15, 0.2) is 41.5 Å². The van der Waals surface area contributed by atoms with Crippen LogP contribution in [0.1, 0.15) is 71.7 Å². The Kier molecular flexibility index (Phi) is 8.21. The molecule has 1 aromatic carbocycles. The molecule has 12 nitrogen and oxygen atoms in total. The average molecular weight is 631 g/mol. The van der Waals surface area contributed by atoms with Crippen molar-refractivity contribution in [2.24, 2.45) is 16.7 Å². The van der Waals surface area contributed by atoms with Crippen molar-refractivity contribution in [1.82, 2.24) is 0 Å². The Morgan fingerprint density at radius 2 is 1.53 bits per heavy atom. The van der Waals surface area contributed by atoms with Crippen LogP contribution in [0.5, 0.6) is 0 Å². The lowest BCUT2D eigenvalue weighted by Gasteiger charge is -2.69. The summed E-state index contributed by atoms with van der Waals surface area (Å²) in [6.45, 7) is 9.94. The number of carbonyl (C=O) groups excluding carboxylic acids is 4. The molecule has 3 fully saturated rings. The van der Waals surface area contributed by atoms with Crippen LogP contribution < -0.4 is 0 Å². The molecule has 1 aromatic rings. The highest BCUT2D eigenvalue weighted by Gasteiger charge is 2.78. The molecule has 9 unspecified atom stereocenters. The number of aliphatic hydroxyl groups excluding tert-OH is 2. The van der Waals surface area contributed by atoms with Crippen molar-refractivity contribution in [3.05, 3.63) is 47.0 Å². The number of rotatable bonds is 5. The first-order chi connectivity index (χ1) is 20.9. The summed E-state index contributed by atoms with van der Waals surface area (Å²) in [7, 11) is 0. The SMILES string of the molecule is CC(=O)OC1CC2(O)C(OC(=O)c3ccccc3)C3C4(OC(C)=O)COC4CC(O)[C@@]3(C)C(O)C(OC(C)=O)C(=C1C)C2(C)C. The van der Waals surface area contributed by atoms with Gasteiger partial charge < -0.3 is 39.0 Å². The van der Waals surface area contributed by atoms with Gasteiger partial charge in [-0.1, -0.05) is 39.0 Å². The molecule has 3 N–H and O–H groups in total. The molecule has 1 saturated heterocycles. The maximum Gasteiger partial charge on any atom is 0.338 e. The zero-order valence-corrected chi connectivity index (χ0v) is 26.6. The van der Waals surface area contributed by atoms with Crippen LogP contribution in [0.3, 0.4) is 0 Å². The van der Waals surface area contributed by atoms with Gasteiger partial charge in [0.1, 0.15) is 30.0 Å². The van der Waals surface area contributed by atoms with E-state index in [2.05, 4.69) is 0 Å². The average Bonchev–Trinajstić information content (AvgIpc) is 2.94. The first-order valence-corrected chi connectivity index (χ1v) is 15.1. The molecule has 45 heavy (non-hydrogen) atoms. The monoisotopic (exact) mass is 630 g/mol. The number of esters is 4. The maximum absolute atomic E-state index is 13.9. The van der Waals surface area contributed by atoms with Crippen molar-refractivity contribution in [2.45, 2.75) is 109 Å². The molecule has 12 heteroatoms. The summed E-state index contributed by atoms with van der Waals surface area (Å²) in [5.41, 5.74) is -5.96. The van der Waals surface area contributed by atoms with Gasteiger partial charge in [0.2, 0.25) is 0 Å². The van der Waals surface area contributed by atoms with E-state index < -0.39 is 88.5 Å². The molecule has 5 rings (SSSR count). The van der Waals surface area contributed by atoms with Gasteiger partial charge >= 0.3 is 23.9 Å². The number of fused-ring (bicyclic) bond motifs is 5. The lowest BCUT2D eigenvalue weighted by atomic mass is 9.44. The highest BCUT2D eigenvalue weighted by Crippen LogP contribution is 2.65. The third-order valence-electron chi connectivity index (χ3n) is 10.7. The van der Waals surface area contributed by atoms with Gasteiger partial charge in [-0.25, -0.2) is 4.79 Å². The van der Waals surface area contributed by atoms with E-state index in [4.69, 9.17) is 23.7 Å². The summed E-state index contributed by atoms with van der Waals surface area (Å²) in [6.07, 6.45) is -8.36. The fourth-order valence-corrected chi connectivity index (χ4v) is 8.46. The Hall–Kier alpha value is -3.32. The Bertz CT molecular complexity index is 1420. The van der Waals surface area contributed by atoms with Crippen LogP contribution >= 0.6 is 0 Å². The second-order valence-corrected chi connectivity index (χ2v) is 13.6. The summed E-state index contributed by atoms with van der Waals surface area (Å²) in [6, 6.07) is 8.09. The first-order valence-electron chi connectivity index (χ1n) is 15.1. The van der Waals surface area contributed by atoms with E-state index in [0.29, 0.717) is 5.57 Å². The predicted molar refractivity (Wildman–Crippen MR) is 155 cm³/mol. The van der Waals surface area contributed by atoms with Crippen molar-refractivity contribution in [3.63, 3.8) is 0 Å². The molecule has 1 aliphatic heterocycles. The van der Waals surface area contributed by atoms with Crippen LogP contribution in [0.4, 0.5) is 0 Å². The molecule has 0 aromatic heterocycles. The quantitative estimate of drug-likeness (QED) is 0.246. The number of aliphatic hydroxyl groups is 3. The summed E-state index contributed by atoms with van der Waals surface area (Å²) >= 11 is 0. The van der Waals surface area contributed by atoms with Gasteiger partial charge in [0.05, 0.1) is 24.2 Å². The fourth-order valence-electron chi connectivity index (χ4n) is 8.46. The minimum Gasteiger partial charge on any atom is -0.458 e.